The van der Waals surface area contributed by atoms with Gasteiger partial charge in [0.15, 0.2) is 17.5 Å². The van der Waals surface area contributed by atoms with Crippen LogP contribution in [0.2, 0.25) is 0 Å². The number of halogens is 7. The molecular weight excluding hydrogens is 437 g/mol. The fraction of sp³-hybridized carbons (Fsp3) is 0.500. The standard InChI is InChI=1S/C24H25F7O/c1-2-3-4-5-14-6-8-15(9-7-14)16-10-18(25)22(19(26)11-16)24(30,31)32-17-12-20(27)23(29)21(28)13-17/h10-15H,2-9H2,1H3/t14-,15-. The van der Waals surface area contributed by atoms with Crippen molar-refractivity contribution in [2.45, 2.75) is 70.3 Å². The molecule has 0 bridgehead atoms. The summed E-state index contributed by atoms with van der Waals surface area (Å²) in [5.74, 6) is -9.10. The molecule has 2 aromatic rings. The molecule has 0 saturated heterocycles. The monoisotopic (exact) mass is 462 g/mol. The molecule has 32 heavy (non-hydrogen) atoms. The summed E-state index contributed by atoms with van der Waals surface area (Å²) in [5, 5.41) is 0. The summed E-state index contributed by atoms with van der Waals surface area (Å²) in [6.07, 6.45) is 3.29. The second-order valence-corrected chi connectivity index (χ2v) is 8.39. The molecule has 1 fully saturated rings. The lowest BCUT2D eigenvalue weighted by Gasteiger charge is -2.29. The van der Waals surface area contributed by atoms with E-state index in [1.807, 2.05) is 0 Å². The number of hydrogen-bond donors (Lipinski definition) is 0. The molecule has 0 radical (unpaired) electrons. The van der Waals surface area contributed by atoms with Crippen LogP contribution < -0.4 is 4.74 Å². The predicted octanol–water partition coefficient (Wildman–Crippen LogP) is 8.36. The highest BCUT2D eigenvalue weighted by Crippen LogP contribution is 2.41. The Morgan fingerprint density at radius 3 is 1.91 bits per heavy atom. The Kier molecular flexibility index (Phi) is 7.72. The van der Waals surface area contributed by atoms with E-state index in [1.165, 1.54) is 6.42 Å². The van der Waals surface area contributed by atoms with Crippen LogP contribution in [0.5, 0.6) is 5.75 Å². The average Bonchev–Trinajstić information content (AvgIpc) is 2.71. The Bertz CT molecular complexity index is 890. The molecule has 3 rings (SSSR count). The van der Waals surface area contributed by atoms with Gasteiger partial charge in [-0.1, -0.05) is 32.6 Å². The van der Waals surface area contributed by atoms with Gasteiger partial charge in [0.1, 0.15) is 22.9 Å². The first-order chi connectivity index (χ1) is 15.1. The molecule has 0 N–H and O–H groups in total. The van der Waals surface area contributed by atoms with Crippen LogP contribution in [0.25, 0.3) is 0 Å². The Morgan fingerprint density at radius 1 is 0.812 bits per heavy atom. The minimum Gasteiger partial charge on any atom is -0.429 e. The lowest BCUT2D eigenvalue weighted by Crippen LogP contribution is -2.26. The smallest absolute Gasteiger partial charge is 0.429 e. The van der Waals surface area contributed by atoms with Crippen LogP contribution in [0.3, 0.4) is 0 Å². The Labute approximate surface area is 182 Å². The van der Waals surface area contributed by atoms with Crippen molar-refractivity contribution < 1.29 is 35.5 Å². The van der Waals surface area contributed by atoms with Gasteiger partial charge in [-0.2, -0.15) is 8.78 Å². The van der Waals surface area contributed by atoms with E-state index in [0.29, 0.717) is 11.5 Å². The van der Waals surface area contributed by atoms with Gasteiger partial charge < -0.3 is 4.74 Å². The largest absolute Gasteiger partial charge is 0.432 e. The molecule has 2 aromatic carbocycles. The predicted molar refractivity (Wildman–Crippen MR) is 106 cm³/mol. The van der Waals surface area contributed by atoms with E-state index in [9.17, 15) is 30.7 Å². The first-order valence-electron chi connectivity index (χ1n) is 10.8. The molecule has 1 aliphatic carbocycles. The van der Waals surface area contributed by atoms with E-state index in [0.717, 1.165) is 57.1 Å². The van der Waals surface area contributed by atoms with Gasteiger partial charge in [-0.3, -0.25) is 0 Å². The average molecular weight is 462 g/mol. The summed E-state index contributed by atoms with van der Waals surface area (Å²) in [5.41, 5.74) is -1.37. The van der Waals surface area contributed by atoms with Crippen LogP contribution >= 0.6 is 0 Å². The van der Waals surface area contributed by atoms with Gasteiger partial charge in [-0.15, -0.1) is 0 Å². The number of unbranched alkanes of at least 4 members (excludes halogenated alkanes) is 2. The molecule has 176 valence electrons. The van der Waals surface area contributed by atoms with Crippen LogP contribution in [-0.2, 0) is 6.11 Å². The van der Waals surface area contributed by atoms with Crippen LogP contribution in [0.15, 0.2) is 24.3 Å². The Hall–Kier alpha value is -2.25. The van der Waals surface area contributed by atoms with Crippen molar-refractivity contribution in [1.82, 2.24) is 0 Å². The van der Waals surface area contributed by atoms with E-state index in [2.05, 4.69) is 11.7 Å². The number of rotatable bonds is 8. The van der Waals surface area contributed by atoms with Crippen molar-refractivity contribution in [2.24, 2.45) is 5.92 Å². The summed E-state index contributed by atoms with van der Waals surface area (Å²) in [6, 6.07) is 2.08. The normalized spacial score (nSPS) is 19.2. The maximum atomic E-state index is 14.6. The van der Waals surface area contributed by atoms with Crippen molar-refractivity contribution in [1.29, 1.82) is 0 Å². The lowest BCUT2D eigenvalue weighted by atomic mass is 9.77. The molecule has 0 unspecified atom stereocenters. The minimum atomic E-state index is -4.57. The third-order valence-corrected chi connectivity index (χ3v) is 6.09. The van der Waals surface area contributed by atoms with Gasteiger partial charge in [0.25, 0.3) is 0 Å². The second kappa shape index (κ2) is 10.1. The maximum Gasteiger partial charge on any atom is 0.432 e. The van der Waals surface area contributed by atoms with E-state index >= 15 is 0 Å². The minimum absolute atomic E-state index is 0.134. The highest BCUT2D eigenvalue weighted by molar-refractivity contribution is 5.33. The zero-order valence-electron chi connectivity index (χ0n) is 17.7. The van der Waals surface area contributed by atoms with Crippen molar-refractivity contribution in [2.75, 3.05) is 0 Å². The van der Waals surface area contributed by atoms with Crippen molar-refractivity contribution in [3.8, 4) is 5.75 Å². The number of benzene rings is 2. The molecule has 0 spiro atoms. The van der Waals surface area contributed by atoms with E-state index in [-0.39, 0.29) is 18.1 Å². The summed E-state index contributed by atoms with van der Waals surface area (Å²) < 4.78 is 102. The third-order valence-electron chi connectivity index (χ3n) is 6.09. The van der Waals surface area contributed by atoms with Crippen LogP contribution in [0.1, 0.15) is 75.3 Å². The maximum absolute atomic E-state index is 14.6. The van der Waals surface area contributed by atoms with Crippen LogP contribution in [0, 0.1) is 35.0 Å². The zero-order valence-corrected chi connectivity index (χ0v) is 17.7. The molecule has 1 nitrogen and oxygen atoms in total. The van der Waals surface area contributed by atoms with Gasteiger partial charge in [-0.05, 0) is 55.2 Å². The molecule has 0 atom stereocenters. The Morgan fingerprint density at radius 2 is 1.38 bits per heavy atom. The van der Waals surface area contributed by atoms with E-state index in [1.54, 1.807) is 0 Å². The van der Waals surface area contributed by atoms with Gasteiger partial charge in [0.05, 0.1) is 0 Å². The first kappa shape index (κ1) is 24.4. The Balaban J connectivity index is 1.74. The van der Waals surface area contributed by atoms with Crippen molar-refractivity contribution in [3.05, 3.63) is 64.5 Å². The topological polar surface area (TPSA) is 9.23 Å². The zero-order chi connectivity index (χ0) is 23.5. The van der Waals surface area contributed by atoms with E-state index in [4.69, 9.17) is 0 Å². The van der Waals surface area contributed by atoms with Gasteiger partial charge >= 0.3 is 6.11 Å². The first-order valence-corrected chi connectivity index (χ1v) is 10.8. The van der Waals surface area contributed by atoms with Crippen LogP contribution in [0.4, 0.5) is 30.7 Å². The number of alkyl halides is 2. The second-order valence-electron chi connectivity index (χ2n) is 8.39. The summed E-state index contributed by atoms with van der Waals surface area (Å²) >= 11 is 0. The molecular formula is C24H25F7O. The molecule has 0 aromatic heterocycles. The van der Waals surface area contributed by atoms with Gasteiger partial charge in [0.2, 0.25) is 0 Å². The fourth-order valence-electron chi connectivity index (χ4n) is 4.36. The van der Waals surface area contributed by atoms with Crippen molar-refractivity contribution >= 4 is 0 Å². The van der Waals surface area contributed by atoms with E-state index < -0.39 is 46.5 Å². The molecule has 1 aliphatic rings. The number of ether oxygens (including phenoxy) is 1. The SMILES string of the molecule is CCCCC[C@H]1CC[C@H](c2cc(F)c(C(F)(F)Oc3cc(F)c(F)c(F)c3)c(F)c2)CC1. The fourth-order valence-corrected chi connectivity index (χ4v) is 4.36. The molecule has 0 aliphatic heterocycles. The van der Waals surface area contributed by atoms with Crippen LogP contribution in [-0.4, -0.2) is 0 Å². The molecule has 0 heterocycles. The number of hydrogen-bond acceptors (Lipinski definition) is 1. The third kappa shape index (κ3) is 5.56. The summed E-state index contributed by atoms with van der Waals surface area (Å²) in [6.45, 7) is 2.13. The highest BCUT2D eigenvalue weighted by Gasteiger charge is 2.42. The highest BCUT2D eigenvalue weighted by atomic mass is 19.3. The molecule has 8 heteroatoms. The summed E-state index contributed by atoms with van der Waals surface area (Å²) in [7, 11) is 0. The molecule has 1 saturated carbocycles. The quantitative estimate of drug-likeness (QED) is 0.218. The lowest BCUT2D eigenvalue weighted by molar-refractivity contribution is -0.189. The van der Waals surface area contributed by atoms with Gasteiger partial charge in [-0.25, -0.2) is 22.0 Å². The van der Waals surface area contributed by atoms with Crippen molar-refractivity contribution in [3.63, 3.8) is 0 Å². The molecule has 0 amide bonds. The van der Waals surface area contributed by atoms with Gasteiger partial charge in [0, 0.05) is 12.1 Å². The summed E-state index contributed by atoms with van der Waals surface area (Å²) in [4.78, 5) is 0.